The Kier molecular flexibility index (Phi) is 4.72. The summed E-state index contributed by atoms with van der Waals surface area (Å²) < 4.78 is 13.9. The molecule has 214 valence electrons. The van der Waals surface area contributed by atoms with Crippen molar-refractivity contribution in [1.82, 2.24) is 9.13 Å². The zero-order valence-electron chi connectivity index (χ0n) is 24.6. The van der Waals surface area contributed by atoms with Crippen LogP contribution in [0, 0.1) is 0 Å². The number of aromatic nitrogens is 2. The summed E-state index contributed by atoms with van der Waals surface area (Å²) in [7, 11) is 0. The SMILES string of the molecule is c1ccc2c(c1)oc1cc(-n3c4ccccc4c4c3ccc3c5ccccc5n(-c5cccc6c5sc5ccccc56)c34)ccc12. The van der Waals surface area contributed by atoms with Crippen LogP contribution in [0.4, 0.5) is 0 Å². The van der Waals surface area contributed by atoms with Crippen LogP contribution in [0.5, 0.6) is 0 Å². The fourth-order valence-corrected chi connectivity index (χ4v) is 9.01. The molecule has 11 rings (SSSR count). The molecule has 0 unspecified atom stereocenters. The molecule has 0 amide bonds. The number of nitrogens with zero attached hydrogens (tertiary/aromatic N) is 2. The molecule has 0 atom stereocenters. The van der Waals surface area contributed by atoms with Gasteiger partial charge in [-0.15, -0.1) is 11.3 Å². The topological polar surface area (TPSA) is 23.0 Å². The minimum Gasteiger partial charge on any atom is -0.456 e. The standard InChI is InChI=1S/C42H24N2OS/c1-5-15-33-26(10-1)30-22-23-35-40(41(30)44(33)36-17-9-14-31-29-12-4-8-19-39(29)46-42(31)36)32-13-2-6-16-34(32)43(35)25-20-21-28-27-11-3-7-18-37(27)45-38(28)24-25/h1-24H. The predicted octanol–water partition coefficient (Wildman–Crippen LogP) is 12.1. The van der Waals surface area contributed by atoms with Crippen molar-refractivity contribution in [3.05, 3.63) is 146 Å². The van der Waals surface area contributed by atoms with Gasteiger partial charge >= 0.3 is 0 Å². The van der Waals surface area contributed by atoms with E-state index in [1.807, 2.05) is 23.5 Å². The molecule has 0 bridgehead atoms. The Bertz CT molecular complexity index is 3040. The molecular weight excluding hydrogens is 581 g/mol. The summed E-state index contributed by atoms with van der Waals surface area (Å²) in [5, 5.41) is 9.92. The van der Waals surface area contributed by atoms with E-state index in [0.717, 1.165) is 27.6 Å². The van der Waals surface area contributed by atoms with E-state index in [0.29, 0.717) is 0 Å². The van der Waals surface area contributed by atoms with Gasteiger partial charge in [-0.3, -0.25) is 0 Å². The van der Waals surface area contributed by atoms with Gasteiger partial charge in [-0.05, 0) is 48.5 Å². The molecule has 0 N–H and O–H groups in total. The van der Waals surface area contributed by atoms with E-state index in [2.05, 4.69) is 143 Å². The lowest BCUT2D eigenvalue weighted by molar-refractivity contribution is 0.668. The highest BCUT2D eigenvalue weighted by Gasteiger charge is 2.22. The Balaban J connectivity index is 1.30. The van der Waals surface area contributed by atoms with E-state index in [-0.39, 0.29) is 0 Å². The summed E-state index contributed by atoms with van der Waals surface area (Å²) in [6, 6.07) is 52.7. The van der Waals surface area contributed by atoms with Crippen LogP contribution in [-0.4, -0.2) is 9.13 Å². The number of rotatable bonds is 2. The molecule has 0 aliphatic carbocycles. The average molecular weight is 605 g/mol. The molecule has 7 aromatic carbocycles. The first-order chi connectivity index (χ1) is 22.8. The number of benzene rings is 7. The highest BCUT2D eigenvalue weighted by molar-refractivity contribution is 7.26. The van der Waals surface area contributed by atoms with Gasteiger partial charge in [0.05, 0.1) is 32.5 Å². The van der Waals surface area contributed by atoms with E-state index < -0.39 is 0 Å². The van der Waals surface area contributed by atoms with Crippen molar-refractivity contribution in [2.24, 2.45) is 0 Å². The predicted molar refractivity (Wildman–Crippen MR) is 195 cm³/mol. The third-order valence-corrected chi connectivity index (χ3v) is 10.9. The Labute approximate surface area is 266 Å². The van der Waals surface area contributed by atoms with Crippen molar-refractivity contribution in [2.45, 2.75) is 0 Å². The highest BCUT2D eigenvalue weighted by Crippen LogP contribution is 2.45. The lowest BCUT2D eigenvalue weighted by atomic mass is 10.1. The number of furan rings is 1. The minimum atomic E-state index is 0.899. The maximum Gasteiger partial charge on any atom is 0.137 e. The molecule has 4 heteroatoms. The summed E-state index contributed by atoms with van der Waals surface area (Å²) in [5.41, 5.74) is 8.94. The minimum absolute atomic E-state index is 0.899. The summed E-state index contributed by atoms with van der Waals surface area (Å²) in [5.74, 6) is 0. The molecule has 3 nitrogen and oxygen atoms in total. The van der Waals surface area contributed by atoms with Gasteiger partial charge in [-0.2, -0.15) is 0 Å². The zero-order valence-corrected chi connectivity index (χ0v) is 25.4. The zero-order chi connectivity index (χ0) is 29.9. The molecule has 0 radical (unpaired) electrons. The second-order valence-electron chi connectivity index (χ2n) is 12.1. The van der Waals surface area contributed by atoms with Crippen molar-refractivity contribution < 1.29 is 4.42 Å². The fraction of sp³-hybridized carbons (Fsp3) is 0. The van der Waals surface area contributed by atoms with Crippen LogP contribution in [0.15, 0.2) is 150 Å². The smallest absolute Gasteiger partial charge is 0.137 e. The third-order valence-electron chi connectivity index (χ3n) is 9.71. The molecule has 0 aliphatic rings. The molecule has 0 saturated carbocycles. The lowest BCUT2D eigenvalue weighted by Gasteiger charge is -2.11. The summed E-state index contributed by atoms with van der Waals surface area (Å²) in [6.07, 6.45) is 0. The van der Waals surface area contributed by atoms with Crippen molar-refractivity contribution >= 4 is 97.1 Å². The molecule has 11 aromatic rings. The fourth-order valence-electron chi connectivity index (χ4n) is 7.80. The number of para-hydroxylation sites is 3. The van der Waals surface area contributed by atoms with Gasteiger partial charge in [-0.25, -0.2) is 0 Å². The van der Waals surface area contributed by atoms with Gasteiger partial charge in [0.25, 0.3) is 0 Å². The molecule has 0 spiro atoms. The Morgan fingerprint density at radius 3 is 2.00 bits per heavy atom. The quantitative estimate of drug-likeness (QED) is 0.192. The molecule has 0 fully saturated rings. The van der Waals surface area contributed by atoms with Gasteiger partial charge in [0.15, 0.2) is 0 Å². The largest absolute Gasteiger partial charge is 0.456 e. The summed E-state index contributed by atoms with van der Waals surface area (Å²) >= 11 is 1.88. The lowest BCUT2D eigenvalue weighted by Crippen LogP contribution is -1.95. The van der Waals surface area contributed by atoms with Gasteiger partial charge in [0.1, 0.15) is 11.2 Å². The Morgan fingerprint density at radius 1 is 0.435 bits per heavy atom. The maximum absolute atomic E-state index is 6.35. The number of thiophene rings is 1. The number of fused-ring (bicyclic) bond motifs is 13. The number of hydrogen-bond donors (Lipinski definition) is 0. The van der Waals surface area contributed by atoms with Crippen LogP contribution in [0.1, 0.15) is 0 Å². The summed E-state index contributed by atoms with van der Waals surface area (Å²) in [4.78, 5) is 0. The maximum atomic E-state index is 6.35. The van der Waals surface area contributed by atoms with E-state index in [4.69, 9.17) is 4.42 Å². The molecular formula is C42H24N2OS. The van der Waals surface area contributed by atoms with Crippen molar-refractivity contribution in [3.8, 4) is 11.4 Å². The van der Waals surface area contributed by atoms with Crippen LogP contribution >= 0.6 is 11.3 Å². The first kappa shape index (κ1) is 24.5. The summed E-state index contributed by atoms with van der Waals surface area (Å²) in [6.45, 7) is 0. The second kappa shape index (κ2) is 8.87. The van der Waals surface area contributed by atoms with Gasteiger partial charge < -0.3 is 13.6 Å². The van der Waals surface area contributed by atoms with E-state index in [1.165, 1.54) is 69.5 Å². The van der Waals surface area contributed by atoms with Crippen LogP contribution < -0.4 is 0 Å². The van der Waals surface area contributed by atoms with E-state index in [1.54, 1.807) is 0 Å². The average Bonchev–Trinajstić information content (AvgIpc) is 3.85. The van der Waals surface area contributed by atoms with Crippen LogP contribution in [0.25, 0.3) is 97.1 Å². The van der Waals surface area contributed by atoms with Gasteiger partial charge in [0, 0.05) is 59.5 Å². The van der Waals surface area contributed by atoms with Crippen molar-refractivity contribution in [1.29, 1.82) is 0 Å². The second-order valence-corrected chi connectivity index (χ2v) is 13.1. The van der Waals surface area contributed by atoms with Gasteiger partial charge in [-0.1, -0.05) is 91.0 Å². The first-order valence-electron chi connectivity index (χ1n) is 15.6. The van der Waals surface area contributed by atoms with Gasteiger partial charge in [0.2, 0.25) is 0 Å². The molecule has 0 aliphatic heterocycles. The van der Waals surface area contributed by atoms with Crippen molar-refractivity contribution in [3.63, 3.8) is 0 Å². The first-order valence-corrected chi connectivity index (χ1v) is 16.4. The van der Waals surface area contributed by atoms with E-state index in [9.17, 15) is 0 Å². The highest BCUT2D eigenvalue weighted by atomic mass is 32.1. The van der Waals surface area contributed by atoms with Crippen molar-refractivity contribution in [2.75, 3.05) is 0 Å². The Hall–Kier alpha value is -5.84. The monoisotopic (exact) mass is 604 g/mol. The molecule has 4 heterocycles. The van der Waals surface area contributed by atoms with E-state index >= 15 is 0 Å². The van der Waals surface area contributed by atoms with Crippen LogP contribution in [-0.2, 0) is 0 Å². The Morgan fingerprint density at radius 2 is 1.11 bits per heavy atom. The molecule has 46 heavy (non-hydrogen) atoms. The third kappa shape index (κ3) is 3.11. The van der Waals surface area contributed by atoms with Crippen LogP contribution in [0.2, 0.25) is 0 Å². The normalized spacial score (nSPS) is 12.3. The van der Waals surface area contributed by atoms with Crippen LogP contribution in [0.3, 0.4) is 0 Å². The molecule has 4 aromatic heterocycles. The number of hydrogen-bond acceptors (Lipinski definition) is 2. The molecule has 0 saturated heterocycles.